The molecule has 0 aromatic heterocycles. The molecule has 0 saturated carbocycles. The van der Waals surface area contributed by atoms with Gasteiger partial charge in [-0.25, -0.2) is 8.42 Å². The molecule has 0 fully saturated rings. The lowest BCUT2D eigenvalue weighted by molar-refractivity contribution is 0.0947. The normalized spacial score (nSPS) is 12.6. The second kappa shape index (κ2) is 9.61. The monoisotopic (exact) mass is 454 g/mol. The summed E-state index contributed by atoms with van der Waals surface area (Å²) in [6.45, 7) is 1.40. The fourth-order valence-corrected chi connectivity index (χ4v) is 4.15. The van der Waals surface area contributed by atoms with Gasteiger partial charge in [0.1, 0.15) is 25.6 Å². The largest absolute Gasteiger partial charge is 0.492 e. The van der Waals surface area contributed by atoms with Crippen LogP contribution in [-0.2, 0) is 10.0 Å². The Bertz CT molecular complexity index is 1200. The molecule has 1 aliphatic heterocycles. The van der Waals surface area contributed by atoms with Crippen molar-refractivity contribution in [3.63, 3.8) is 0 Å². The average molecular weight is 455 g/mol. The van der Waals surface area contributed by atoms with Crippen molar-refractivity contribution in [3.05, 3.63) is 78.4 Å². The maximum absolute atomic E-state index is 12.8. The summed E-state index contributed by atoms with van der Waals surface area (Å²) in [5.41, 5.74) is 0.597. The van der Waals surface area contributed by atoms with Crippen LogP contribution in [0.3, 0.4) is 0 Å². The first-order valence-electron chi connectivity index (χ1n) is 10.00. The molecule has 0 aliphatic carbocycles. The van der Waals surface area contributed by atoms with E-state index in [9.17, 15) is 13.2 Å². The minimum atomic E-state index is -3.88. The van der Waals surface area contributed by atoms with Gasteiger partial charge < -0.3 is 19.5 Å². The van der Waals surface area contributed by atoms with Gasteiger partial charge in [0, 0.05) is 17.3 Å². The number of para-hydroxylation sites is 1. The molecule has 4 rings (SSSR count). The topological polar surface area (TPSA) is 103 Å². The molecule has 9 heteroatoms. The van der Waals surface area contributed by atoms with Crippen LogP contribution in [0.5, 0.6) is 17.2 Å². The van der Waals surface area contributed by atoms with Gasteiger partial charge in [-0.15, -0.1) is 0 Å². The van der Waals surface area contributed by atoms with Crippen LogP contribution in [0.4, 0.5) is 5.69 Å². The molecular formula is C23H22N2O6S. The van der Waals surface area contributed by atoms with Gasteiger partial charge in [-0.05, 0) is 42.5 Å². The number of amides is 1. The van der Waals surface area contributed by atoms with Crippen molar-refractivity contribution in [1.82, 2.24) is 5.32 Å². The van der Waals surface area contributed by atoms with Crippen molar-refractivity contribution in [2.75, 3.05) is 31.1 Å². The maximum Gasteiger partial charge on any atom is 0.262 e. The van der Waals surface area contributed by atoms with E-state index in [1.165, 1.54) is 18.2 Å². The van der Waals surface area contributed by atoms with Gasteiger partial charge in [0.15, 0.2) is 11.5 Å². The SMILES string of the molecule is O=C(NCCOc1ccccc1)c1cccc(NS(=O)(=O)c2ccc3c(c2)OCCO3)c1. The van der Waals surface area contributed by atoms with E-state index in [0.29, 0.717) is 43.4 Å². The Kier molecular flexibility index (Phi) is 6.46. The summed E-state index contributed by atoms with van der Waals surface area (Å²) in [5.74, 6) is 1.27. The minimum absolute atomic E-state index is 0.0367. The zero-order chi connectivity index (χ0) is 22.4. The van der Waals surface area contributed by atoms with E-state index < -0.39 is 10.0 Å². The molecule has 0 saturated heterocycles. The van der Waals surface area contributed by atoms with Gasteiger partial charge in [-0.3, -0.25) is 9.52 Å². The van der Waals surface area contributed by atoms with Crippen molar-refractivity contribution < 1.29 is 27.4 Å². The van der Waals surface area contributed by atoms with Gasteiger partial charge in [-0.1, -0.05) is 24.3 Å². The van der Waals surface area contributed by atoms with E-state index in [4.69, 9.17) is 14.2 Å². The Morgan fingerprint density at radius 1 is 0.906 bits per heavy atom. The van der Waals surface area contributed by atoms with Crippen molar-refractivity contribution in [3.8, 4) is 17.2 Å². The Morgan fingerprint density at radius 2 is 1.69 bits per heavy atom. The van der Waals surface area contributed by atoms with E-state index in [-0.39, 0.29) is 16.5 Å². The Morgan fingerprint density at radius 3 is 2.50 bits per heavy atom. The first-order chi connectivity index (χ1) is 15.5. The lowest BCUT2D eigenvalue weighted by Gasteiger charge is -2.19. The number of hydrogen-bond acceptors (Lipinski definition) is 6. The molecule has 0 atom stereocenters. The smallest absolute Gasteiger partial charge is 0.262 e. The van der Waals surface area contributed by atoms with Gasteiger partial charge in [0.2, 0.25) is 0 Å². The molecule has 8 nitrogen and oxygen atoms in total. The maximum atomic E-state index is 12.8. The van der Waals surface area contributed by atoms with Crippen LogP contribution in [0.25, 0.3) is 0 Å². The molecule has 1 amide bonds. The Balaban J connectivity index is 1.37. The van der Waals surface area contributed by atoms with Gasteiger partial charge in [-0.2, -0.15) is 0 Å². The first-order valence-corrected chi connectivity index (χ1v) is 11.5. The number of nitrogens with one attached hydrogen (secondary N) is 2. The van der Waals surface area contributed by atoms with E-state index >= 15 is 0 Å². The van der Waals surface area contributed by atoms with Crippen LogP contribution < -0.4 is 24.2 Å². The molecule has 166 valence electrons. The quantitative estimate of drug-likeness (QED) is 0.507. The number of ether oxygens (including phenoxy) is 3. The van der Waals surface area contributed by atoms with Crippen molar-refractivity contribution in [2.45, 2.75) is 4.90 Å². The lowest BCUT2D eigenvalue weighted by atomic mass is 10.2. The van der Waals surface area contributed by atoms with Crippen LogP contribution >= 0.6 is 0 Å². The fraction of sp³-hybridized carbons (Fsp3) is 0.174. The number of fused-ring (bicyclic) bond motifs is 1. The Hall–Kier alpha value is -3.72. The highest BCUT2D eigenvalue weighted by Gasteiger charge is 2.20. The van der Waals surface area contributed by atoms with E-state index in [2.05, 4.69) is 10.0 Å². The molecule has 3 aromatic carbocycles. The van der Waals surface area contributed by atoms with Gasteiger partial charge in [0.25, 0.3) is 15.9 Å². The van der Waals surface area contributed by atoms with Crippen molar-refractivity contribution >= 4 is 21.6 Å². The van der Waals surface area contributed by atoms with Gasteiger partial charge in [0.05, 0.1) is 11.4 Å². The summed E-state index contributed by atoms with van der Waals surface area (Å²) in [5, 5.41) is 2.75. The second-order valence-corrected chi connectivity index (χ2v) is 8.59. The summed E-state index contributed by atoms with van der Waals surface area (Å²) in [6.07, 6.45) is 0. The fourth-order valence-electron chi connectivity index (χ4n) is 3.08. The third-order valence-corrected chi connectivity index (χ3v) is 5.98. The molecule has 0 radical (unpaired) electrons. The highest BCUT2D eigenvalue weighted by Crippen LogP contribution is 2.32. The molecule has 0 spiro atoms. The standard InChI is InChI=1S/C23H22N2O6S/c26-23(24-11-12-29-19-7-2-1-3-8-19)17-5-4-6-18(15-17)25-32(27,28)20-9-10-21-22(16-20)31-14-13-30-21/h1-10,15-16,25H,11-14H2,(H,24,26). The molecule has 1 heterocycles. The Labute approximate surface area is 186 Å². The average Bonchev–Trinajstić information content (AvgIpc) is 2.82. The lowest BCUT2D eigenvalue weighted by Crippen LogP contribution is -2.28. The highest BCUT2D eigenvalue weighted by atomic mass is 32.2. The molecule has 1 aliphatic rings. The zero-order valence-electron chi connectivity index (χ0n) is 17.1. The van der Waals surface area contributed by atoms with Crippen LogP contribution in [0.2, 0.25) is 0 Å². The molecule has 0 unspecified atom stereocenters. The van der Waals surface area contributed by atoms with Crippen molar-refractivity contribution in [1.29, 1.82) is 0 Å². The van der Waals surface area contributed by atoms with E-state index in [1.54, 1.807) is 24.3 Å². The number of hydrogen-bond donors (Lipinski definition) is 2. The summed E-state index contributed by atoms with van der Waals surface area (Å²) in [4.78, 5) is 12.5. The van der Waals surface area contributed by atoms with Crippen LogP contribution in [-0.4, -0.2) is 40.7 Å². The number of benzene rings is 3. The van der Waals surface area contributed by atoms with Gasteiger partial charge >= 0.3 is 0 Å². The third-order valence-electron chi connectivity index (χ3n) is 4.60. The van der Waals surface area contributed by atoms with Crippen LogP contribution in [0.1, 0.15) is 10.4 Å². The molecule has 2 N–H and O–H groups in total. The van der Waals surface area contributed by atoms with Crippen LogP contribution in [0, 0.1) is 0 Å². The number of sulfonamides is 1. The summed E-state index contributed by atoms with van der Waals surface area (Å²) < 4.78 is 44.5. The number of carbonyl (C=O) groups is 1. The van der Waals surface area contributed by atoms with E-state index in [1.807, 2.05) is 30.3 Å². The number of anilines is 1. The third kappa shape index (κ3) is 5.30. The minimum Gasteiger partial charge on any atom is -0.492 e. The van der Waals surface area contributed by atoms with Crippen LogP contribution in [0.15, 0.2) is 77.7 Å². The zero-order valence-corrected chi connectivity index (χ0v) is 17.9. The highest BCUT2D eigenvalue weighted by molar-refractivity contribution is 7.92. The van der Waals surface area contributed by atoms with Crippen molar-refractivity contribution in [2.24, 2.45) is 0 Å². The summed E-state index contributed by atoms with van der Waals surface area (Å²) in [6, 6.07) is 20.0. The number of rotatable bonds is 8. The predicted octanol–water partition coefficient (Wildman–Crippen LogP) is 3.07. The molecule has 0 bridgehead atoms. The number of carbonyl (C=O) groups excluding carboxylic acids is 1. The molecule has 32 heavy (non-hydrogen) atoms. The summed E-state index contributed by atoms with van der Waals surface area (Å²) in [7, 11) is -3.88. The van der Waals surface area contributed by atoms with E-state index in [0.717, 1.165) is 5.75 Å². The first kappa shape index (κ1) is 21.5. The second-order valence-electron chi connectivity index (χ2n) is 6.91. The molecule has 3 aromatic rings. The summed E-state index contributed by atoms with van der Waals surface area (Å²) >= 11 is 0. The molecular weight excluding hydrogens is 432 g/mol. The predicted molar refractivity (Wildman–Crippen MR) is 119 cm³/mol.